The number of benzene rings is 2. The summed E-state index contributed by atoms with van der Waals surface area (Å²) >= 11 is 0. The molecular formula is C29H35N3O4. The number of imide groups is 2. The van der Waals surface area contributed by atoms with Crippen LogP contribution >= 0.6 is 0 Å². The summed E-state index contributed by atoms with van der Waals surface area (Å²) in [6, 6.07) is 14.6. The lowest BCUT2D eigenvalue weighted by atomic mass is 9.77. The van der Waals surface area contributed by atoms with Crippen LogP contribution in [0.2, 0.25) is 0 Å². The zero-order valence-corrected chi connectivity index (χ0v) is 21.8. The zero-order chi connectivity index (χ0) is 26.3. The van der Waals surface area contributed by atoms with Crippen LogP contribution in [0.5, 0.6) is 0 Å². The van der Waals surface area contributed by atoms with Gasteiger partial charge in [0.25, 0.3) is 11.8 Å². The third-order valence-electron chi connectivity index (χ3n) is 7.55. The van der Waals surface area contributed by atoms with Crippen molar-refractivity contribution in [2.24, 2.45) is 0 Å². The van der Waals surface area contributed by atoms with Crippen LogP contribution in [0.25, 0.3) is 0 Å². The van der Waals surface area contributed by atoms with E-state index >= 15 is 0 Å². The molecule has 4 amide bonds. The minimum Gasteiger partial charge on any atom is -0.306 e. The Balaban J connectivity index is 1.30. The van der Waals surface area contributed by atoms with E-state index < -0.39 is 10.8 Å². The number of nitrogens with zero attached hydrogens (tertiary/aromatic N) is 3. The molecule has 7 heteroatoms. The molecule has 2 heterocycles. The SMILES string of the molecule is CN(CCCN1C(=O)c2ccccc2C(C)(C)C1=O)CCCN1C(=O)c2ccccc2C(C)(C)C1=O. The Morgan fingerprint density at radius 3 is 1.39 bits per heavy atom. The molecule has 7 nitrogen and oxygen atoms in total. The fourth-order valence-electron chi connectivity index (χ4n) is 5.33. The van der Waals surface area contributed by atoms with Crippen LogP contribution in [-0.4, -0.2) is 71.6 Å². The standard InChI is InChI=1S/C29H35N3O4/c1-28(2)22-14-8-6-12-20(22)24(33)31(26(28)35)18-10-16-30(5)17-11-19-32-25(34)21-13-7-9-15-23(21)29(3,4)27(32)36/h6-9,12-15H,10-11,16-19H2,1-5H3. The Labute approximate surface area is 213 Å². The molecule has 0 aliphatic carbocycles. The molecule has 0 saturated heterocycles. The largest absolute Gasteiger partial charge is 0.306 e. The van der Waals surface area contributed by atoms with Crippen molar-refractivity contribution in [2.45, 2.75) is 51.4 Å². The van der Waals surface area contributed by atoms with Gasteiger partial charge < -0.3 is 4.90 Å². The monoisotopic (exact) mass is 489 g/mol. The highest BCUT2D eigenvalue weighted by Gasteiger charge is 2.45. The topological polar surface area (TPSA) is 78.0 Å². The Morgan fingerprint density at radius 2 is 1.00 bits per heavy atom. The molecule has 0 bridgehead atoms. The second kappa shape index (κ2) is 9.62. The summed E-state index contributed by atoms with van der Waals surface area (Å²) in [6.45, 7) is 9.54. The molecule has 0 N–H and O–H groups in total. The van der Waals surface area contributed by atoms with Gasteiger partial charge in [-0.25, -0.2) is 0 Å². The maximum atomic E-state index is 13.1. The molecule has 2 aromatic carbocycles. The molecule has 2 aliphatic heterocycles. The number of hydrogen-bond acceptors (Lipinski definition) is 5. The molecule has 0 aromatic heterocycles. The van der Waals surface area contributed by atoms with E-state index in [1.165, 1.54) is 9.80 Å². The Bertz CT molecular complexity index is 1120. The zero-order valence-electron chi connectivity index (χ0n) is 21.8. The van der Waals surface area contributed by atoms with Crippen LogP contribution in [0.4, 0.5) is 0 Å². The molecule has 36 heavy (non-hydrogen) atoms. The molecule has 0 unspecified atom stereocenters. The molecule has 0 saturated carbocycles. The predicted molar refractivity (Wildman–Crippen MR) is 138 cm³/mol. The summed E-state index contributed by atoms with van der Waals surface area (Å²) in [5.41, 5.74) is 1.26. The smallest absolute Gasteiger partial charge is 0.260 e. The minimum absolute atomic E-state index is 0.168. The summed E-state index contributed by atoms with van der Waals surface area (Å²) in [6.07, 6.45) is 1.29. The highest BCUT2D eigenvalue weighted by Crippen LogP contribution is 2.35. The number of hydrogen-bond donors (Lipinski definition) is 0. The summed E-state index contributed by atoms with van der Waals surface area (Å²) in [5.74, 6) is -0.803. The van der Waals surface area contributed by atoms with Crippen LogP contribution < -0.4 is 0 Å². The molecule has 2 aliphatic rings. The van der Waals surface area contributed by atoms with Gasteiger partial charge in [-0.3, -0.25) is 29.0 Å². The fraction of sp³-hybridized carbons (Fsp3) is 0.448. The van der Waals surface area contributed by atoms with Crippen LogP contribution in [0.3, 0.4) is 0 Å². The second-order valence-corrected chi connectivity index (χ2v) is 10.9. The normalized spacial score (nSPS) is 18.5. The average Bonchev–Trinajstić information content (AvgIpc) is 2.86. The van der Waals surface area contributed by atoms with Crippen LogP contribution in [0.15, 0.2) is 48.5 Å². The second-order valence-electron chi connectivity index (χ2n) is 10.9. The van der Waals surface area contributed by atoms with E-state index in [4.69, 9.17) is 0 Å². The van der Waals surface area contributed by atoms with E-state index in [0.29, 0.717) is 50.1 Å². The van der Waals surface area contributed by atoms with Crippen molar-refractivity contribution in [3.05, 3.63) is 70.8 Å². The van der Waals surface area contributed by atoms with E-state index in [1.54, 1.807) is 12.1 Å². The highest BCUT2D eigenvalue weighted by atomic mass is 16.2. The van der Waals surface area contributed by atoms with Crippen molar-refractivity contribution in [3.8, 4) is 0 Å². The van der Waals surface area contributed by atoms with Gasteiger partial charge in [-0.2, -0.15) is 0 Å². The Hall–Kier alpha value is -3.32. The van der Waals surface area contributed by atoms with Gasteiger partial charge in [-0.05, 0) is 83.9 Å². The molecule has 4 rings (SSSR count). The van der Waals surface area contributed by atoms with E-state index in [0.717, 1.165) is 11.1 Å². The molecule has 0 radical (unpaired) electrons. The van der Waals surface area contributed by atoms with Gasteiger partial charge >= 0.3 is 0 Å². The van der Waals surface area contributed by atoms with Crippen molar-refractivity contribution in [1.82, 2.24) is 14.7 Å². The van der Waals surface area contributed by atoms with E-state index in [-0.39, 0.29) is 23.6 Å². The van der Waals surface area contributed by atoms with Gasteiger partial charge in [0.2, 0.25) is 11.8 Å². The number of carbonyl (C=O) groups excluding carboxylic acids is 4. The van der Waals surface area contributed by atoms with Crippen molar-refractivity contribution < 1.29 is 19.2 Å². The molecule has 190 valence electrons. The quantitative estimate of drug-likeness (QED) is 0.530. The molecule has 0 atom stereocenters. The molecule has 2 aromatic rings. The van der Waals surface area contributed by atoms with Gasteiger partial charge in [-0.15, -0.1) is 0 Å². The Morgan fingerprint density at radius 1 is 0.639 bits per heavy atom. The first-order valence-electron chi connectivity index (χ1n) is 12.6. The molecule has 0 fully saturated rings. The number of rotatable bonds is 8. The van der Waals surface area contributed by atoms with Gasteiger partial charge in [0, 0.05) is 24.2 Å². The summed E-state index contributed by atoms with van der Waals surface area (Å²) in [5, 5.41) is 0. The Kier molecular flexibility index (Phi) is 6.88. The highest BCUT2D eigenvalue weighted by molar-refractivity contribution is 6.13. The van der Waals surface area contributed by atoms with E-state index in [2.05, 4.69) is 4.90 Å². The maximum absolute atomic E-state index is 13.1. The van der Waals surface area contributed by atoms with Gasteiger partial charge in [-0.1, -0.05) is 36.4 Å². The first kappa shape index (κ1) is 25.8. The average molecular weight is 490 g/mol. The van der Waals surface area contributed by atoms with E-state index in [9.17, 15) is 19.2 Å². The first-order chi connectivity index (χ1) is 17.0. The number of amides is 4. The van der Waals surface area contributed by atoms with Crippen LogP contribution in [0, 0.1) is 0 Å². The summed E-state index contributed by atoms with van der Waals surface area (Å²) < 4.78 is 0. The van der Waals surface area contributed by atoms with Gasteiger partial charge in [0.05, 0.1) is 10.8 Å². The predicted octanol–water partition coefficient (Wildman–Crippen LogP) is 3.62. The maximum Gasteiger partial charge on any atom is 0.260 e. The van der Waals surface area contributed by atoms with Gasteiger partial charge in [0.15, 0.2) is 0 Å². The summed E-state index contributed by atoms with van der Waals surface area (Å²) in [7, 11) is 1.97. The first-order valence-corrected chi connectivity index (χ1v) is 12.6. The van der Waals surface area contributed by atoms with Crippen molar-refractivity contribution in [3.63, 3.8) is 0 Å². The molecule has 0 spiro atoms. The minimum atomic E-state index is -0.740. The van der Waals surface area contributed by atoms with Crippen molar-refractivity contribution >= 4 is 23.6 Å². The molecular weight excluding hydrogens is 454 g/mol. The number of carbonyl (C=O) groups is 4. The van der Waals surface area contributed by atoms with E-state index in [1.807, 2.05) is 71.1 Å². The fourth-order valence-corrected chi connectivity index (χ4v) is 5.33. The van der Waals surface area contributed by atoms with Crippen LogP contribution in [0.1, 0.15) is 72.4 Å². The van der Waals surface area contributed by atoms with Gasteiger partial charge in [0.1, 0.15) is 0 Å². The lowest BCUT2D eigenvalue weighted by Gasteiger charge is -2.38. The third kappa shape index (κ3) is 4.37. The lowest BCUT2D eigenvalue weighted by molar-refractivity contribution is -0.135. The summed E-state index contributed by atoms with van der Waals surface area (Å²) in [4.78, 5) is 56.9. The lowest BCUT2D eigenvalue weighted by Crippen LogP contribution is -2.52. The number of fused-ring (bicyclic) bond motifs is 2. The van der Waals surface area contributed by atoms with Crippen LogP contribution in [-0.2, 0) is 20.4 Å². The van der Waals surface area contributed by atoms with Crippen molar-refractivity contribution in [1.29, 1.82) is 0 Å². The third-order valence-corrected chi connectivity index (χ3v) is 7.55. The van der Waals surface area contributed by atoms with Crippen molar-refractivity contribution in [2.75, 3.05) is 33.2 Å².